The van der Waals surface area contributed by atoms with Crippen molar-refractivity contribution in [2.75, 3.05) is 0 Å². The van der Waals surface area contributed by atoms with Crippen LogP contribution in [-0.4, -0.2) is 47.3 Å². The number of Topliss-reactive ketones (excluding diaryl/α,β-unsaturated/α-hetero) is 2. The van der Waals surface area contributed by atoms with Crippen molar-refractivity contribution < 1.29 is 38.2 Å². The molecular weight excluding hydrogens is 428 g/mol. The molecule has 33 heavy (non-hydrogen) atoms. The number of hydrogen-bond donors (Lipinski definition) is 0. The smallest absolute Gasteiger partial charge is 0.375 e. The number of carbonyl (C=O) groups is 5. The van der Waals surface area contributed by atoms with E-state index in [9.17, 15) is 24.0 Å². The van der Waals surface area contributed by atoms with Crippen molar-refractivity contribution in [3.05, 3.63) is 0 Å². The molecule has 1 aliphatic heterocycles. The number of ether oxygens (including phenoxy) is 3. The average Bonchev–Trinajstić information content (AvgIpc) is 2.95. The fourth-order valence-corrected chi connectivity index (χ4v) is 8.61. The third-order valence-electron chi connectivity index (χ3n) is 10.0. The van der Waals surface area contributed by atoms with Crippen LogP contribution in [0.3, 0.4) is 0 Å². The molecule has 0 spiro atoms. The minimum atomic E-state index is -1.18. The van der Waals surface area contributed by atoms with E-state index in [2.05, 4.69) is 6.92 Å². The van der Waals surface area contributed by atoms with E-state index in [0.717, 1.165) is 6.42 Å². The summed E-state index contributed by atoms with van der Waals surface area (Å²) in [6.45, 7) is 6.60. The lowest BCUT2D eigenvalue weighted by molar-refractivity contribution is -0.252. The minimum absolute atomic E-state index is 0.159. The van der Waals surface area contributed by atoms with Crippen molar-refractivity contribution in [2.45, 2.75) is 90.4 Å². The lowest BCUT2D eigenvalue weighted by Gasteiger charge is -2.65. The molecule has 1 saturated heterocycles. The first kappa shape index (κ1) is 22.5. The lowest BCUT2D eigenvalue weighted by Crippen LogP contribution is -2.74. The Kier molecular flexibility index (Phi) is 4.87. The molecule has 0 aromatic rings. The van der Waals surface area contributed by atoms with Gasteiger partial charge >= 0.3 is 17.9 Å². The zero-order valence-electron chi connectivity index (χ0n) is 19.7. The van der Waals surface area contributed by atoms with Crippen LogP contribution in [0.1, 0.15) is 72.6 Å². The number of hydrogen-bond acceptors (Lipinski definition) is 8. The van der Waals surface area contributed by atoms with Crippen LogP contribution >= 0.6 is 0 Å². The molecule has 5 rings (SSSR count). The Labute approximate surface area is 193 Å². The molecule has 8 heteroatoms. The van der Waals surface area contributed by atoms with Gasteiger partial charge in [0.1, 0.15) is 11.7 Å². The summed E-state index contributed by atoms with van der Waals surface area (Å²) < 4.78 is 17.2. The fraction of sp³-hybridized carbons (Fsp3) is 0.800. The van der Waals surface area contributed by atoms with E-state index in [0.29, 0.717) is 38.5 Å². The van der Waals surface area contributed by atoms with Crippen molar-refractivity contribution in [1.29, 1.82) is 0 Å². The summed E-state index contributed by atoms with van der Waals surface area (Å²) >= 11 is 0. The maximum Gasteiger partial charge on any atom is 0.375 e. The van der Waals surface area contributed by atoms with E-state index in [4.69, 9.17) is 14.2 Å². The Bertz CT molecular complexity index is 956. The van der Waals surface area contributed by atoms with Gasteiger partial charge in [0.15, 0.2) is 11.9 Å². The number of fused-ring (bicyclic) bond motifs is 3. The number of ketones is 2. The monoisotopic (exact) mass is 460 g/mol. The second kappa shape index (κ2) is 7.12. The van der Waals surface area contributed by atoms with Crippen molar-refractivity contribution in [3.8, 4) is 0 Å². The quantitative estimate of drug-likeness (QED) is 0.351. The molecule has 9 atom stereocenters. The van der Waals surface area contributed by atoms with E-state index >= 15 is 0 Å². The van der Waals surface area contributed by atoms with Gasteiger partial charge in [0.05, 0.1) is 5.41 Å². The standard InChI is InChI=1S/C25H32O8/c1-12(26)31-15-7-9-23(3)14(11-15)5-6-16-18(23)20(32-13(2)27)21(29)24(4)17-8-10-25(16,24)33-22(30)19(17)28/h14-18,20H,5-11H2,1-4H3/t14-,15+,16-,17-,18-,20+,23+,24+,25+/m1/s1. The molecule has 8 nitrogen and oxygen atoms in total. The summed E-state index contributed by atoms with van der Waals surface area (Å²) in [5.74, 6) is -3.63. The highest BCUT2D eigenvalue weighted by Gasteiger charge is 2.79. The molecule has 5 fully saturated rings. The van der Waals surface area contributed by atoms with Crippen LogP contribution in [0, 0.1) is 34.5 Å². The molecule has 5 aliphatic rings. The summed E-state index contributed by atoms with van der Waals surface area (Å²) in [7, 11) is 0. The molecule has 0 N–H and O–H groups in total. The van der Waals surface area contributed by atoms with Gasteiger partial charge in [-0.15, -0.1) is 0 Å². The fourth-order valence-electron chi connectivity index (χ4n) is 8.61. The van der Waals surface area contributed by atoms with Crippen molar-refractivity contribution >= 4 is 29.5 Å². The summed E-state index contributed by atoms with van der Waals surface area (Å²) in [5.41, 5.74) is -2.57. The third-order valence-corrected chi connectivity index (χ3v) is 10.0. The van der Waals surface area contributed by atoms with Gasteiger partial charge in [0.2, 0.25) is 5.78 Å². The average molecular weight is 461 g/mol. The van der Waals surface area contributed by atoms with Crippen LogP contribution in [0.25, 0.3) is 0 Å². The molecule has 0 radical (unpaired) electrons. The van der Waals surface area contributed by atoms with E-state index in [1.165, 1.54) is 13.8 Å². The summed E-state index contributed by atoms with van der Waals surface area (Å²) in [6.07, 6.45) is 3.39. The van der Waals surface area contributed by atoms with Gasteiger partial charge < -0.3 is 14.2 Å². The third kappa shape index (κ3) is 2.78. The van der Waals surface area contributed by atoms with E-state index < -0.39 is 40.8 Å². The van der Waals surface area contributed by atoms with Crippen LogP contribution in [0.4, 0.5) is 0 Å². The minimum Gasteiger partial charge on any atom is -0.463 e. The van der Waals surface area contributed by atoms with Crippen molar-refractivity contribution in [1.82, 2.24) is 0 Å². The SMILES string of the molecule is CC(=O)O[C@H]1CC[C@@]2(C)[C@H](CC[C@@H]3[C@@H]2[C@H](OC(C)=O)C(=O)[C@]2(C)[C@@H]4CC[C@]32OC(=O)C4=O)C1. The Hall–Kier alpha value is -2.25. The van der Waals surface area contributed by atoms with E-state index in [1.54, 1.807) is 6.92 Å². The molecule has 0 unspecified atom stereocenters. The first-order valence-electron chi connectivity index (χ1n) is 12.1. The van der Waals surface area contributed by atoms with Gasteiger partial charge in [-0.05, 0) is 63.2 Å². The second-order valence-electron chi connectivity index (χ2n) is 11.2. The van der Waals surface area contributed by atoms with Gasteiger partial charge in [0, 0.05) is 31.6 Å². The molecule has 0 aromatic carbocycles. The van der Waals surface area contributed by atoms with Crippen LogP contribution in [0.5, 0.6) is 0 Å². The Morgan fingerprint density at radius 3 is 2.30 bits per heavy atom. The van der Waals surface area contributed by atoms with Gasteiger partial charge in [-0.25, -0.2) is 4.79 Å². The van der Waals surface area contributed by atoms with Crippen LogP contribution < -0.4 is 0 Å². The van der Waals surface area contributed by atoms with Gasteiger partial charge in [0.25, 0.3) is 0 Å². The maximum absolute atomic E-state index is 14.1. The normalized spacial score (nSPS) is 48.2. The number of rotatable bonds is 2. The summed E-state index contributed by atoms with van der Waals surface area (Å²) in [6, 6.07) is 0. The molecule has 2 bridgehead atoms. The highest BCUT2D eigenvalue weighted by Crippen LogP contribution is 2.70. The zero-order valence-corrected chi connectivity index (χ0v) is 19.7. The van der Waals surface area contributed by atoms with Crippen LogP contribution in [-0.2, 0) is 38.2 Å². The summed E-state index contributed by atoms with van der Waals surface area (Å²) in [5, 5.41) is 0. The highest BCUT2D eigenvalue weighted by molar-refractivity contribution is 6.36. The Morgan fingerprint density at radius 1 is 0.939 bits per heavy atom. The lowest BCUT2D eigenvalue weighted by atomic mass is 9.41. The number of carbonyl (C=O) groups excluding carboxylic acids is 5. The van der Waals surface area contributed by atoms with Gasteiger partial charge in [-0.2, -0.15) is 0 Å². The largest absolute Gasteiger partial charge is 0.463 e. The Morgan fingerprint density at radius 2 is 1.64 bits per heavy atom. The van der Waals surface area contributed by atoms with Crippen LogP contribution in [0.2, 0.25) is 0 Å². The maximum atomic E-state index is 14.1. The van der Waals surface area contributed by atoms with Gasteiger partial charge in [-0.1, -0.05) is 6.92 Å². The van der Waals surface area contributed by atoms with Crippen molar-refractivity contribution in [2.24, 2.45) is 34.5 Å². The van der Waals surface area contributed by atoms with Crippen molar-refractivity contribution in [3.63, 3.8) is 0 Å². The van der Waals surface area contributed by atoms with E-state index in [1.807, 2.05) is 0 Å². The summed E-state index contributed by atoms with van der Waals surface area (Å²) in [4.78, 5) is 63.1. The zero-order chi connectivity index (χ0) is 23.9. The topological polar surface area (TPSA) is 113 Å². The molecule has 0 amide bonds. The molecule has 4 aliphatic carbocycles. The predicted molar refractivity (Wildman–Crippen MR) is 112 cm³/mol. The predicted octanol–water partition coefficient (Wildman–Crippen LogP) is 2.55. The molecule has 0 aromatic heterocycles. The molecule has 4 saturated carbocycles. The van der Waals surface area contributed by atoms with Gasteiger partial charge in [-0.3, -0.25) is 19.2 Å². The first-order valence-corrected chi connectivity index (χ1v) is 12.1. The highest BCUT2D eigenvalue weighted by atomic mass is 16.6. The number of esters is 3. The first-order chi connectivity index (χ1) is 15.5. The molecular formula is C25H32O8. The molecule has 180 valence electrons. The Balaban J connectivity index is 1.60. The second-order valence-corrected chi connectivity index (χ2v) is 11.2. The molecule has 1 heterocycles. The van der Waals surface area contributed by atoms with E-state index in [-0.39, 0.29) is 41.0 Å². The van der Waals surface area contributed by atoms with Crippen LogP contribution in [0.15, 0.2) is 0 Å².